The summed E-state index contributed by atoms with van der Waals surface area (Å²) >= 11 is 0. The minimum absolute atomic E-state index is 0.219. The Morgan fingerprint density at radius 3 is 2.89 bits per heavy atom. The quantitative estimate of drug-likeness (QED) is 0.603. The van der Waals surface area contributed by atoms with Crippen molar-refractivity contribution in [2.24, 2.45) is 5.41 Å². The predicted octanol–water partition coefficient (Wildman–Crippen LogP) is 3.44. The fourth-order valence-electron chi connectivity index (χ4n) is 5.06. The summed E-state index contributed by atoms with van der Waals surface area (Å²) < 4.78 is 12.9. The molecular formula is C21H24BN3O3. The molecule has 2 atom stereocenters. The molecule has 3 fully saturated rings. The lowest BCUT2D eigenvalue weighted by molar-refractivity contribution is -0.0590. The maximum absolute atomic E-state index is 12.0. The van der Waals surface area contributed by atoms with Gasteiger partial charge in [0.25, 0.3) is 6.71 Å². The third-order valence-electron chi connectivity index (χ3n) is 7.04. The topological polar surface area (TPSA) is 77.1 Å². The lowest BCUT2D eigenvalue weighted by atomic mass is 9.41. The van der Waals surface area contributed by atoms with Crippen LogP contribution in [0.25, 0.3) is 11.0 Å². The maximum Gasteiger partial charge on any atom is 0.337 e. The lowest BCUT2D eigenvalue weighted by Gasteiger charge is -2.28. The number of benzene rings is 1. The largest absolute Gasteiger partial charge is 0.465 e. The van der Waals surface area contributed by atoms with Crippen LogP contribution >= 0.6 is 0 Å². The Kier molecular flexibility index (Phi) is 4.20. The van der Waals surface area contributed by atoms with Gasteiger partial charge in [-0.15, -0.1) is 0 Å². The smallest absolute Gasteiger partial charge is 0.337 e. The van der Waals surface area contributed by atoms with Gasteiger partial charge >= 0.3 is 5.97 Å². The van der Waals surface area contributed by atoms with Gasteiger partial charge in [0, 0.05) is 18.5 Å². The van der Waals surface area contributed by atoms with E-state index in [0.29, 0.717) is 16.9 Å². The van der Waals surface area contributed by atoms with Gasteiger partial charge in [-0.05, 0) is 36.5 Å². The summed E-state index contributed by atoms with van der Waals surface area (Å²) in [6, 6.07) is 5.61. The monoisotopic (exact) mass is 377 g/mol. The lowest BCUT2D eigenvalue weighted by Crippen LogP contribution is -2.32. The zero-order valence-corrected chi connectivity index (χ0v) is 16.2. The molecule has 2 aliphatic heterocycles. The number of nitrogens with zero attached hydrogens (tertiary/aromatic N) is 3. The van der Waals surface area contributed by atoms with Gasteiger partial charge in [-0.3, -0.25) is 0 Å². The van der Waals surface area contributed by atoms with Crippen LogP contribution in [0.5, 0.6) is 0 Å². The molecule has 0 radical (unpaired) electrons. The number of hydrogen-bond donors (Lipinski definition) is 0. The van der Waals surface area contributed by atoms with E-state index in [1.54, 1.807) is 6.07 Å². The summed E-state index contributed by atoms with van der Waals surface area (Å²) in [5.74, 6) is 3.69. The first-order valence-electron chi connectivity index (χ1n) is 10.2. The normalized spacial score (nSPS) is 25.4. The van der Waals surface area contributed by atoms with Crippen molar-refractivity contribution < 1.29 is 14.3 Å². The van der Waals surface area contributed by atoms with Crippen molar-refractivity contribution in [2.45, 2.75) is 56.9 Å². The molecule has 2 saturated heterocycles. The average Bonchev–Trinajstić information content (AvgIpc) is 3.26. The number of hydrogen-bond acceptors (Lipinski definition) is 5. The van der Waals surface area contributed by atoms with Crippen LogP contribution in [0.2, 0.25) is 12.6 Å². The number of aromatic nitrogens is 2. The van der Waals surface area contributed by atoms with Crippen molar-refractivity contribution >= 4 is 23.7 Å². The van der Waals surface area contributed by atoms with Crippen molar-refractivity contribution in [3.05, 3.63) is 29.6 Å². The van der Waals surface area contributed by atoms with E-state index in [1.165, 1.54) is 7.11 Å². The Hall–Kier alpha value is -2.33. The van der Waals surface area contributed by atoms with Crippen LogP contribution in [0, 0.1) is 16.6 Å². The molecule has 28 heavy (non-hydrogen) atoms. The van der Waals surface area contributed by atoms with Gasteiger partial charge in [0.1, 0.15) is 5.82 Å². The standard InChI is InChI=1S/C21H24BN3O3/c1-27-20(26)14-2-3-17-18(10-14)25(12-15-4-9-28-15)19(24-17)16-11-21(16)5-7-22(13-23)8-6-21/h2-3,10,15-16H,4-9,11-12H2,1H3. The second-order valence-electron chi connectivity index (χ2n) is 8.58. The molecule has 144 valence electrons. The van der Waals surface area contributed by atoms with Crippen LogP contribution in [-0.2, 0) is 16.0 Å². The zero-order chi connectivity index (χ0) is 19.3. The van der Waals surface area contributed by atoms with Gasteiger partial charge in [0.15, 0.2) is 0 Å². The Balaban J connectivity index is 1.50. The summed E-state index contributed by atoms with van der Waals surface area (Å²) in [6.07, 6.45) is 6.69. The van der Waals surface area contributed by atoms with Crippen molar-refractivity contribution in [3.8, 4) is 5.97 Å². The molecule has 1 aliphatic carbocycles. The average molecular weight is 377 g/mol. The highest BCUT2D eigenvalue weighted by atomic mass is 16.5. The van der Waals surface area contributed by atoms with Gasteiger partial charge in [0.05, 0.1) is 36.4 Å². The highest BCUT2D eigenvalue weighted by molar-refractivity contribution is 6.67. The molecular weight excluding hydrogens is 353 g/mol. The Labute approximate surface area is 164 Å². The molecule has 7 heteroatoms. The van der Waals surface area contributed by atoms with Crippen LogP contribution in [0.1, 0.15) is 47.8 Å². The summed E-state index contributed by atoms with van der Waals surface area (Å²) in [6.45, 7) is 1.82. The van der Waals surface area contributed by atoms with E-state index in [2.05, 4.69) is 10.5 Å². The molecule has 6 nitrogen and oxygen atoms in total. The highest BCUT2D eigenvalue weighted by Gasteiger charge is 2.57. The minimum atomic E-state index is -0.325. The van der Waals surface area contributed by atoms with E-state index in [0.717, 1.165) is 68.3 Å². The Morgan fingerprint density at radius 2 is 2.25 bits per heavy atom. The van der Waals surface area contributed by atoms with Crippen molar-refractivity contribution in [2.75, 3.05) is 13.7 Å². The summed E-state index contributed by atoms with van der Waals surface area (Å²) in [5, 5.41) is 9.21. The fraction of sp³-hybridized carbons (Fsp3) is 0.571. The van der Waals surface area contributed by atoms with E-state index >= 15 is 0 Å². The molecule has 3 heterocycles. The van der Waals surface area contributed by atoms with E-state index in [1.807, 2.05) is 12.1 Å². The summed E-state index contributed by atoms with van der Waals surface area (Å²) in [4.78, 5) is 17.0. The minimum Gasteiger partial charge on any atom is -0.465 e. The molecule has 0 N–H and O–H groups in total. The van der Waals surface area contributed by atoms with Crippen LogP contribution < -0.4 is 0 Å². The second kappa shape index (κ2) is 6.63. The van der Waals surface area contributed by atoms with Crippen molar-refractivity contribution in [3.63, 3.8) is 0 Å². The molecule has 1 saturated carbocycles. The first kappa shape index (κ1) is 17.8. The Morgan fingerprint density at radius 1 is 1.46 bits per heavy atom. The first-order chi connectivity index (χ1) is 13.6. The van der Waals surface area contributed by atoms with E-state index in [4.69, 9.17) is 14.5 Å². The second-order valence-corrected chi connectivity index (χ2v) is 8.58. The highest BCUT2D eigenvalue weighted by Crippen LogP contribution is 2.66. The molecule has 1 aromatic carbocycles. The molecule has 0 amide bonds. The van der Waals surface area contributed by atoms with E-state index in [9.17, 15) is 10.1 Å². The third-order valence-corrected chi connectivity index (χ3v) is 7.04. The van der Waals surface area contributed by atoms with Gasteiger partial charge in [0.2, 0.25) is 0 Å². The predicted molar refractivity (Wildman–Crippen MR) is 105 cm³/mol. The number of carbonyl (C=O) groups excluding carboxylic acids is 1. The number of nitriles is 1. The molecule has 1 aromatic heterocycles. The van der Waals surface area contributed by atoms with Gasteiger partial charge in [-0.1, -0.05) is 25.5 Å². The fourth-order valence-corrected chi connectivity index (χ4v) is 5.06. The van der Waals surface area contributed by atoms with Gasteiger partial charge in [-0.25, -0.2) is 15.0 Å². The number of esters is 1. The number of rotatable bonds is 4. The van der Waals surface area contributed by atoms with E-state index in [-0.39, 0.29) is 18.8 Å². The maximum atomic E-state index is 12.0. The number of methoxy groups -OCH3 is 1. The molecule has 2 unspecified atom stereocenters. The van der Waals surface area contributed by atoms with Crippen LogP contribution in [0.4, 0.5) is 0 Å². The number of fused-ring (bicyclic) bond motifs is 1. The molecule has 0 bridgehead atoms. The summed E-state index contributed by atoms with van der Waals surface area (Å²) in [5.41, 5.74) is 2.78. The molecule has 1 spiro atoms. The number of carbonyl (C=O) groups is 1. The number of ether oxygens (including phenoxy) is 2. The molecule has 2 aromatic rings. The SMILES string of the molecule is COC(=O)c1ccc2nc(C3CC34CCB(C#N)CC4)n(CC3CCO3)c2c1. The van der Waals surface area contributed by atoms with Crippen LogP contribution in [0.15, 0.2) is 18.2 Å². The van der Waals surface area contributed by atoms with Gasteiger partial charge in [-0.2, -0.15) is 0 Å². The third kappa shape index (κ3) is 2.82. The van der Waals surface area contributed by atoms with Gasteiger partial charge < -0.3 is 14.0 Å². The Bertz CT molecular complexity index is 967. The summed E-state index contributed by atoms with van der Waals surface area (Å²) in [7, 11) is 1.41. The zero-order valence-electron chi connectivity index (χ0n) is 16.2. The van der Waals surface area contributed by atoms with Crippen molar-refractivity contribution in [1.82, 2.24) is 9.55 Å². The molecule has 5 rings (SSSR count). The number of imidazole rings is 1. The van der Waals surface area contributed by atoms with E-state index < -0.39 is 0 Å². The van der Waals surface area contributed by atoms with Crippen molar-refractivity contribution in [1.29, 1.82) is 5.26 Å². The molecule has 3 aliphatic rings. The van der Waals surface area contributed by atoms with Crippen LogP contribution in [-0.4, -0.2) is 42.1 Å². The van der Waals surface area contributed by atoms with Crippen LogP contribution in [0.3, 0.4) is 0 Å². The first-order valence-corrected chi connectivity index (χ1v) is 10.2.